The Hall–Kier alpha value is -2.74. The zero-order valence-electron chi connectivity index (χ0n) is 14.1. The molecule has 2 N–H and O–H groups in total. The highest BCUT2D eigenvalue weighted by atomic mass is 16.4. The van der Waals surface area contributed by atoms with Crippen molar-refractivity contribution in [1.82, 2.24) is 10.2 Å². The molecular weight excluding hydrogens is 338 g/mol. The van der Waals surface area contributed by atoms with Crippen LogP contribution in [0.5, 0.6) is 0 Å². The maximum Gasteiger partial charge on any atom is 0.317 e. The van der Waals surface area contributed by atoms with Crippen molar-refractivity contribution in [1.29, 1.82) is 0 Å². The first-order chi connectivity index (χ1) is 12.4. The number of imide groups is 1. The van der Waals surface area contributed by atoms with Gasteiger partial charge in [0.15, 0.2) is 0 Å². The van der Waals surface area contributed by atoms with E-state index >= 15 is 0 Å². The molecular formula is C18H19N3O5. The van der Waals surface area contributed by atoms with Gasteiger partial charge >= 0.3 is 5.97 Å². The molecule has 136 valence electrons. The van der Waals surface area contributed by atoms with Gasteiger partial charge in [-0.1, -0.05) is 18.2 Å². The molecule has 8 heteroatoms. The Labute approximate surface area is 149 Å². The fourth-order valence-electron chi connectivity index (χ4n) is 4.39. The summed E-state index contributed by atoms with van der Waals surface area (Å²) in [6.45, 7) is 0.712. The predicted octanol–water partition coefficient (Wildman–Crippen LogP) is -0.133. The van der Waals surface area contributed by atoms with Gasteiger partial charge in [0.05, 0.1) is 12.0 Å². The van der Waals surface area contributed by atoms with Crippen LogP contribution in [0, 0.1) is 0 Å². The minimum absolute atomic E-state index is 0.115. The number of hydrogen-bond acceptors (Lipinski definition) is 5. The average molecular weight is 357 g/mol. The number of hydrogen-bond donors (Lipinski definition) is 2. The number of nitrogens with zero attached hydrogens (tertiary/aromatic N) is 2. The van der Waals surface area contributed by atoms with Crippen LogP contribution in [0.15, 0.2) is 24.3 Å². The van der Waals surface area contributed by atoms with Crippen molar-refractivity contribution in [3.63, 3.8) is 0 Å². The van der Waals surface area contributed by atoms with Crippen LogP contribution >= 0.6 is 0 Å². The number of rotatable bonds is 3. The lowest BCUT2D eigenvalue weighted by Gasteiger charge is -2.31. The number of carboxylic acid groups (broad SMARTS) is 1. The van der Waals surface area contributed by atoms with E-state index in [9.17, 15) is 19.2 Å². The van der Waals surface area contributed by atoms with Gasteiger partial charge in [-0.15, -0.1) is 0 Å². The smallest absolute Gasteiger partial charge is 0.317 e. The van der Waals surface area contributed by atoms with E-state index < -0.39 is 23.3 Å². The van der Waals surface area contributed by atoms with Crippen LogP contribution in [-0.2, 0) is 24.6 Å². The van der Waals surface area contributed by atoms with Gasteiger partial charge in [0, 0.05) is 25.2 Å². The summed E-state index contributed by atoms with van der Waals surface area (Å²) in [6.07, 6.45) is 1.00. The van der Waals surface area contributed by atoms with E-state index in [1.807, 2.05) is 24.3 Å². The molecule has 3 aliphatic rings. The second-order valence-electron chi connectivity index (χ2n) is 7.10. The number of piperidine rings is 1. The van der Waals surface area contributed by atoms with E-state index in [0.717, 1.165) is 5.56 Å². The predicted molar refractivity (Wildman–Crippen MR) is 90.5 cm³/mol. The number of benzene rings is 1. The van der Waals surface area contributed by atoms with Crippen LogP contribution in [0.2, 0.25) is 0 Å². The second-order valence-corrected chi connectivity index (χ2v) is 7.10. The van der Waals surface area contributed by atoms with Crippen molar-refractivity contribution in [2.24, 2.45) is 0 Å². The third-order valence-electron chi connectivity index (χ3n) is 5.54. The first-order valence-electron chi connectivity index (χ1n) is 8.63. The lowest BCUT2D eigenvalue weighted by Crippen LogP contribution is -2.56. The van der Waals surface area contributed by atoms with Crippen molar-refractivity contribution in [2.75, 3.05) is 24.5 Å². The Bertz CT molecular complexity index is 823. The van der Waals surface area contributed by atoms with Crippen molar-refractivity contribution in [2.45, 2.75) is 30.7 Å². The molecule has 0 saturated carbocycles. The maximum absolute atomic E-state index is 13.4. The number of fused-ring (bicyclic) bond motifs is 2. The number of para-hydroxylation sites is 1. The Balaban J connectivity index is 1.71. The number of amides is 3. The van der Waals surface area contributed by atoms with Crippen molar-refractivity contribution in [3.8, 4) is 0 Å². The molecule has 0 aromatic heterocycles. The highest BCUT2D eigenvalue weighted by Gasteiger charge is 2.56. The van der Waals surface area contributed by atoms with Crippen molar-refractivity contribution in [3.05, 3.63) is 29.8 Å². The summed E-state index contributed by atoms with van der Waals surface area (Å²) in [5.74, 6) is -1.89. The molecule has 0 bridgehead atoms. The first kappa shape index (κ1) is 16.7. The molecule has 3 heterocycles. The molecule has 1 aromatic rings. The quantitative estimate of drug-likeness (QED) is 0.730. The number of carboxylic acids is 1. The van der Waals surface area contributed by atoms with E-state index in [2.05, 4.69) is 5.32 Å². The zero-order valence-corrected chi connectivity index (χ0v) is 14.1. The fraction of sp³-hybridized carbons (Fsp3) is 0.444. The van der Waals surface area contributed by atoms with Gasteiger partial charge in [0.25, 0.3) is 0 Å². The van der Waals surface area contributed by atoms with Gasteiger partial charge in [-0.05, 0) is 24.5 Å². The second kappa shape index (κ2) is 5.91. The molecule has 8 nitrogen and oxygen atoms in total. The van der Waals surface area contributed by atoms with Gasteiger partial charge in [0.2, 0.25) is 17.7 Å². The number of anilines is 1. The molecule has 2 unspecified atom stereocenters. The van der Waals surface area contributed by atoms with E-state index in [1.54, 1.807) is 4.90 Å². The van der Waals surface area contributed by atoms with E-state index in [0.29, 0.717) is 31.6 Å². The fourth-order valence-corrected chi connectivity index (χ4v) is 4.39. The van der Waals surface area contributed by atoms with E-state index in [1.165, 1.54) is 4.90 Å². The summed E-state index contributed by atoms with van der Waals surface area (Å²) >= 11 is 0. The van der Waals surface area contributed by atoms with Gasteiger partial charge in [-0.3, -0.25) is 34.3 Å². The molecule has 2 fully saturated rings. The Morgan fingerprint density at radius 2 is 2.04 bits per heavy atom. The van der Waals surface area contributed by atoms with Crippen molar-refractivity contribution >= 4 is 29.4 Å². The van der Waals surface area contributed by atoms with Crippen molar-refractivity contribution < 1.29 is 24.3 Å². The molecule has 2 atom stereocenters. The van der Waals surface area contributed by atoms with Crippen LogP contribution in [0.4, 0.5) is 5.69 Å². The molecule has 0 radical (unpaired) electrons. The van der Waals surface area contributed by atoms with Crippen LogP contribution in [0.1, 0.15) is 24.8 Å². The molecule has 1 spiro atoms. The lowest BCUT2D eigenvalue weighted by molar-refractivity contribution is -0.138. The topological polar surface area (TPSA) is 107 Å². The summed E-state index contributed by atoms with van der Waals surface area (Å²) < 4.78 is 0. The molecule has 1 aromatic carbocycles. The third-order valence-corrected chi connectivity index (χ3v) is 5.54. The average Bonchev–Trinajstić information content (AvgIpc) is 3.10. The highest BCUT2D eigenvalue weighted by Crippen LogP contribution is 2.48. The van der Waals surface area contributed by atoms with Crippen LogP contribution in [0.25, 0.3) is 0 Å². The highest BCUT2D eigenvalue weighted by molar-refractivity contribution is 6.14. The Morgan fingerprint density at radius 1 is 1.27 bits per heavy atom. The van der Waals surface area contributed by atoms with Gasteiger partial charge < -0.3 is 5.11 Å². The number of aliphatic carboxylic acids is 1. The maximum atomic E-state index is 13.4. The summed E-state index contributed by atoms with van der Waals surface area (Å²) in [4.78, 5) is 51.6. The van der Waals surface area contributed by atoms with Gasteiger partial charge in [0.1, 0.15) is 6.04 Å². The van der Waals surface area contributed by atoms with Crippen LogP contribution < -0.4 is 10.2 Å². The van der Waals surface area contributed by atoms with Gasteiger partial charge in [-0.25, -0.2) is 0 Å². The normalized spacial score (nSPS) is 28.5. The molecule has 4 rings (SSSR count). The molecule has 3 aliphatic heterocycles. The number of nitrogens with one attached hydrogen (secondary N) is 1. The van der Waals surface area contributed by atoms with Crippen LogP contribution in [0.3, 0.4) is 0 Å². The Morgan fingerprint density at radius 3 is 2.77 bits per heavy atom. The zero-order chi connectivity index (χ0) is 18.5. The first-order valence-corrected chi connectivity index (χ1v) is 8.63. The molecule has 0 aliphatic carbocycles. The summed E-state index contributed by atoms with van der Waals surface area (Å²) in [5, 5.41) is 11.4. The minimum atomic E-state index is -0.928. The SMILES string of the molecule is O=C(O)CN1CCC2(C1)C(=O)N(C1CCC(=O)NC1=O)c1ccccc12. The summed E-state index contributed by atoms with van der Waals surface area (Å²) in [6, 6.07) is 6.64. The summed E-state index contributed by atoms with van der Waals surface area (Å²) in [5.41, 5.74) is 0.695. The third kappa shape index (κ3) is 2.40. The standard InChI is InChI=1S/C18H19N3O5/c22-14-6-5-13(16(25)19-14)21-12-4-2-1-3-11(12)18(17(21)26)7-8-20(10-18)9-15(23)24/h1-4,13H,5-10H2,(H,23,24)(H,19,22,25). The molecule has 2 saturated heterocycles. The van der Waals surface area contributed by atoms with Gasteiger partial charge in [-0.2, -0.15) is 0 Å². The van der Waals surface area contributed by atoms with Crippen LogP contribution in [-0.4, -0.2) is 59.4 Å². The monoisotopic (exact) mass is 357 g/mol. The molecule has 26 heavy (non-hydrogen) atoms. The minimum Gasteiger partial charge on any atom is -0.480 e. The number of carbonyl (C=O) groups is 4. The van der Waals surface area contributed by atoms with E-state index in [4.69, 9.17) is 5.11 Å². The molecule has 3 amide bonds. The number of likely N-dealkylation sites (tertiary alicyclic amines) is 1. The Kier molecular flexibility index (Phi) is 3.80. The van der Waals surface area contributed by atoms with E-state index in [-0.39, 0.29) is 24.8 Å². The summed E-state index contributed by atoms with van der Waals surface area (Å²) in [7, 11) is 0. The lowest BCUT2D eigenvalue weighted by atomic mass is 9.81. The largest absolute Gasteiger partial charge is 0.480 e. The number of carbonyl (C=O) groups excluding carboxylic acids is 3.